The molecule has 1 aliphatic rings. The van der Waals surface area contributed by atoms with Gasteiger partial charge < -0.3 is 15.0 Å². The Morgan fingerprint density at radius 1 is 1.43 bits per heavy atom. The first-order valence-corrected chi connectivity index (χ1v) is 7.65. The van der Waals surface area contributed by atoms with Crippen LogP contribution in [0.3, 0.4) is 0 Å². The molecule has 1 atom stereocenters. The molecule has 23 heavy (non-hydrogen) atoms. The quantitative estimate of drug-likeness (QED) is 0.848. The molecular formula is C16H22FN3O3. The van der Waals surface area contributed by atoms with Gasteiger partial charge in [-0.15, -0.1) is 0 Å². The summed E-state index contributed by atoms with van der Waals surface area (Å²) in [5.41, 5.74) is -0.627. The van der Waals surface area contributed by atoms with Crippen LogP contribution in [0, 0.1) is 5.95 Å². The van der Waals surface area contributed by atoms with Crippen LogP contribution in [-0.2, 0) is 4.74 Å². The van der Waals surface area contributed by atoms with Crippen LogP contribution in [0.1, 0.15) is 44.0 Å². The van der Waals surface area contributed by atoms with Crippen LogP contribution in [0.2, 0.25) is 0 Å². The van der Waals surface area contributed by atoms with E-state index in [1.807, 2.05) is 0 Å². The SMILES string of the molecule is CC(C)(C)OC(=O)N[C@H]1CCCN(C(=O)c2cccnc2F)C1. The van der Waals surface area contributed by atoms with Gasteiger partial charge in [-0.1, -0.05) is 0 Å². The number of piperidine rings is 1. The number of pyridine rings is 1. The predicted molar refractivity (Wildman–Crippen MR) is 82.5 cm³/mol. The van der Waals surface area contributed by atoms with E-state index < -0.39 is 23.5 Å². The van der Waals surface area contributed by atoms with Crippen LogP contribution < -0.4 is 5.32 Å². The predicted octanol–water partition coefficient (Wildman–Crippen LogP) is 2.35. The molecule has 2 rings (SSSR count). The van der Waals surface area contributed by atoms with Gasteiger partial charge in [0.15, 0.2) is 0 Å². The summed E-state index contributed by atoms with van der Waals surface area (Å²) in [4.78, 5) is 29.2. The third kappa shape index (κ3) is 4.91. The Hall–Kier alpha value is -2.18. The second-order valence-electron chi connectivity index (χ2n) is 6.58. The lowest BCUT2D eigenvalue weighted by Crippen LogP contribution is -2.50. The number of nitrogens with zero attached hydrogens (tertiary/aromatic N) is 2. The van der Waals surface area contributed by atoms with E-state index in [9.17, 15) is 14.0 Å². The summed E-state index contributed by atoms with van der Waals surface area (Å²) < 4.78 is 18.9. The number of carbonyl (C=O) groups is 2. The molecule has 0 bridgehead atoms. The molecule has 2 amide bonds. The first-order chi connectivity index (χ1) is 10.8. The molecule has 126 valence electrons. The molecule has 0 spiro atoms. The van der Waals surface area contributed by atoms with Crippen LogP contribution in [0.4, 0.5) is 9.18 Å². The van der Waals surface area contributed by atoms with Crippen LogP contribution in [0.15, 0.2) is 18.3 Å². The highest BCUT2D eigenvalue weighted by atomic mass is 19.1. The van der Waals surface area contributed by atoms with Crippen molar-refractivity contribution in [2.24, 2.45) is 0 Å². The van der Waals surface area contributed by atoms with Gasteiger partial charge >= 0.3 is 6.09 Å². The smallest absolute Gasteiger partial charge is 0.407 e. The van der Waals surface area contributed by atoms with Gasteiger partial charge in [-0.2, -0.15) is 4.39 Å². The average molecular weight is 323 g/mol. The Morgan fingerprint density at radius 3 is 2.83 bits per heavy atom. The maximum atomic E-state index is 13.6. The summed E-state index contributed by atoms with van der Waals surface area (Å²) >= 11 is 0. The van der Waals surface area contributed by atoms with Crippen LogP contribution in [-0.4, -0.2) is 46.6 Å². The zero-order valence-electron chi connectivity index (χ0n) is 13.6. The first-order valence-electron chi connectivity index (χ1n) is 7.65. The molecule has 7 heteroatoms. The van der Waals surface area contributed by atoms with E-state index in [0.29, 0.717) is 13.1 Å². The van der Waals surface area contributed by atoms with Crippen molar-refractivity contribution in [2.75, 3.05) is 13.1 Å². The van der Waals surface area contributed by atoms with E-state index in [-0.39, 0.29) is 11.6 Å². The summed E-state index contributed by atoms with van der Waals surface area (Å²) in [5, 5.41) is 2.76. The van der Waals surface area contributed by atoms with Crippen molar-refractivity contribution >= 4 is 12.0 Å². The lowest BCUT2D eigenvalue weighted by Gasteiger charge is -2.33. The van der Waals surface area contributed by atoms with Gasteiger partial charge in [-0.05, 0) is 45.7 Å². The topological polar surface area (TPSA) is 71.5 Å². The van der Waals surface area contributed by atoms with E-state index in [2.05, 4.69) is 10.3 Å². The van der Waals surface area contributed by atoms with Gasteiger partial charge in [0.2, 0.25) is 5.95 Å². The molecule has 0 unspecified atom stereocenters. The van der Waals surface area contributed by atoms with Gasteiger partial charge in [-0.25, -0.2) is 9.78 Å². The Bertz CT molecular complexity index is 586. The zero-order valence-corrected chi connectivity index (χ0v) is 13.6. The maximum absolute atomic E-state index is 13.6. The van der Waals surface area contributed by atoms with Gasteiger partial charge in [0, 0.05) is 25.3 Å². The number of hydrogen-bond donors (Lipinski definition) is 1. The number of amides is 2. The first kappa shape index (κ1) is 17.2. The Kier molecular flexibility index (Phi) is 5.18. The fraction of sp³-hybridized carbons (Fsp3) is 0.562. The van der Waals surface area contributed by atoms with Gasteiger partial charge in [-0.3, -0.25) is 4.79 Å². The van der Waals surface area contributed by atoms with E-state index in [4.69, 9.17) is 4.74 Å². The molecule has 1 aromatic rings. The highest BCUT2D eigenvalue weighted by Crippen LogP contribution is 2.16. The molecule has 0 radical (unpaired) electrons. The molecule has 1 aliphatic heterocycles. The Balaban J connectivity index is 1.97. The van der Waals surface area contributed by atoms with Gasteiger partial charge in [0.1, 0.15) is 5.60 Å². The number of likely N-dealkylation sites (tertiary alicyclic amines) is 1. The van der Waals surface area contributed by atoms with Crippen molar-refractivity contribution < 1.29 is 18.7 Å². The van der Waals surface area contributed by atoms with Crippen LogP contribution >= 0.6 is 0 Å². The monoisotopic (exact) mass is 323 g/mol. The molecular weight excluding hydrogens is 301 g/mol. The number of ether oxygens (including phenoxy) is 1. The number of carbonyl (C=O) groups excluding carboxylic acids is 2. The molecule has 1 aromatic heterocycles. The molecule has 2 heterocycles. The number of halogens is 1. The van der Waals surface area contributed by atoms with Gasteiger partial charge in [0.25, 0.3) is 5.91 Å². The maximum Gasteiger partial charge on any atom is 0.407 e. The Morgan fingerprint density at radius 2 is 2.17 bits per heavy atom. The molecule has 0 saturated carbocycles. The highest BCUT2D eigenvalue weighted by molar-refractivity contribution is 5.94. The Labute approximate surface area is 135 Å². The number of rotatable bonds is 2. The largest absolute Gasteiger partial charge is 0.444 e. The minimum absolute atomic E-state index is 0.0505. The van der Waals surface area contributed by atoms with Crippen LogP contribution in [0.5, 0.6) is 0 Å². The van der Waals surface area contributed by atoms with Crippen molar-refractivity contribution in [3.05, 3.63) is 29.8 Å². The summed E-state index contributed by atoms with van der Waals surface area (Å²) in [6.07, 6.45) is 2.27. The standard InChI is InChI=1S/C16H22FN3O3/c1-16(2,3)23-15(22)19-11-6-5-9-20(10-11)14(21)12-7-4-8-18-13(12)17/h4,7-8,11H,5-6,9-10H2,1-3H3,(H,19,22)/t11-/m0/s1. The van der Waals surface area contributed by atoms with E-state index in [1.165, 1.54) is 23.2 Å². The zero-order chi connectivity index (χ0) is 17.0. The number of alkyl carbamates (subject to hydrolysis) is 1. The number of aromatic nitrogens is 1. The fourth-order valence-corrected chi connectivity index (χ4v) is 2.47. The second kappa shape index (κ2) is 6.93. The third-order valence-electron chi connectivity index (χ3n) is 3.42. The normalized spacial score (nSPS) is 18.4. The van der Waals surface area contributed by atoms with Crippen molar-refractivity contribution in [3.63, 3.8) is 0 Å². The van der Waals surface area contributed by atoms with Crippen molar-refractivity contribution in [1.29, 1.82) is 0 Å². The summed E-state index contributed by atoms with van der Waals surface area (Å²) in [6.45, 7) is 6.21. The van der Waals surface area contributed by atoms with E-state index >= 15 is 0 Å². The fourth-order valence-electron chi connectivity index (χ4n) is 2.47. The number of nitrogens with one attached hydrogen (secondary N) is 1. The lowest BCUT2D eigenvalue weighted by molar-refractivity contribution is 0.0451. The highest BCUT2D eigenvalue weighted by Gasteiger charge is 2.28. The summed E-state index contributed by atoms with van der Waals surface area (Å²) in [6, 6.07) is 2.73. The summed E-state index contributed by atoms with van der Waals surface area (Å²) in [5.74, 6) is -1.19. The van der Waals surface area contributed by atoms with E-state index in [0.717, 1.165) is 12.8 Å². The molecule has 1 saturated heterocycles. The molecule has 1 N–H and O–H groups in total. The molecule has 1 fully saturated rings. The summed E-state index contributed by atoms with van der Waals surface area (Å²) in [7, 11) is 0. The second-order valence-corrected chi connectivity index (χ2v) is 6.58. The van der Waals surface area contributed by atoms with E-state index in [1.54, 1.807) is 20.8 Å². The molecule has 0 aromatic carbocycles. The third-order valence-corrected chi connectivity index (χ3v) is 3.42. The molecule has 0 aliphatic carbocycles. The minimum atomic E-state index is -0.778. The van der Waals surface area contributed by atoms with Crippen LogP contribution in [0.25, 0.3) is 0 Å². The lowest BCUT2D eigenvalue weighted by atomic mass is 10.0. The van der Waals surface area contributed by atoms with Crippen molar-refractivity contribution in [3.8, 4) is 0 Å². The average Bonchev–Trinajstić information content (AvgIpc) is 2.45. The van der Waals surface area contributed by atoms with Crippen molar-refractivity contribution in [1.82, 2.24) is 15.2 Å². The number of hydrogen-bond acceptors (Lipinski definition) is 4. The minimum Gasteiger partial charge on any atom is -0.444 e. The van der Waals surface area contributed by atoms with Crippen molar-refractivity contribution in [2.45, 2.75) is 45.3 Å². The molecule has 6 nitrogen and oxygen atoms in total. The van der Waals surface area contributed by atoms with Gasteiger partial charge in [0.05, 0.1) is 5.56 Å².